The van der Waals surface area contributed by atoms with Gasteiger partial charge in [0.05, 0.1) is 17.8 Å². The van der Waals surface area contributed by atoms with Crippen molar-refractivity contribution in [2.24, 2.45) is 0 Å². The number of aromatic amines is 1. The Kier molecular flexibility index (Phi) is 4.43. The summed E-state index contributed by atoms with van der Waals surface area (Å²) in [5, 5.41) is 4.28. The molecule has 1 fully saturated rings. The van der Waals surface area contributed by atoms with Crippen LogP contribution in [0.3, 0.4) is 0 Å². The van der Waals surface area contributed by atoms with E-state index in [9.17, 15) is 0 Å². The van der Waals surface area contributed by atoms with Gasteiger partial charge in [-0.05, 0) is 49.8 Å². The van der Waals surface area contributed by atoms with E-state index in [4.69, 9.17) is 12.2 Å². The third-order valence-electron chi connectivity index (χ3n) is 4.12. The lowest BCUT2D eigenvalue weighted by atomic mass is 10.0. The zero-order chi connectivity index (χ0) is 15.5. The first-order valence-corrected chi connectivity index (χ1v) is 8.25. The van der Waals surface area contributed by atoms with Gasteiger partial charge in [-0.2, -0.15) is 0 Å². The molecule has 0 aromatic carbocycles. The van der Waals surface area contributed by atoms with Crippen molar-refractivity contribution in [3.05, 3.63) is 53.6 Å². The van der Waals surface area contributed by atoms with Crippen LogP contribution in [0.5, 0.6) is 0 Å². The van der Waals surface area contributed by atoms with Gasteiger partial charge in [0, 0.05) is 24.1 Å². The Bertz CT molecular complexity index is 637. The molecular weight excluding hydrogens is 292 g/mol. The molecule has 4 nitrogen and oxygen atoms in total. The smallest absolute Gasteiger partial charge is 0.170 e. The maximum absolute atomic E-state index is 5.59. The lowest BCUT2D eigenvalue weighted by Gasteiger charge is -2.26. The van der Waals surface area contributed by atoms with Crippen molar-refractivity contribution in [3.8, 4) is 0 Å². The van der Waals surface area contributed by atoms with E-state index in [1.165, 1.54) is 11.4 Å². The van der Waals surface area contributed by atoms with Crippen LogP contribution in [-0.2, 0) is 0 Å². The van der Waals surface area contributed by atoms with E-state index >= 15 is 0 Å². The first-order chi connectivity index (χ1) is 10.7. The lowest BCUT2D eigenvalue weighted by molar-refractivity contribution is 0.307. The highest BCUT2D eigenvalue weighted by atomic mass is 32.1. The van der Waals surface area contributed by atoms with Crippen molar-refractivity contribution in [2.45, 2.75) is 38.8 Å². The average molecular weight is 314 g/mol. The van der Waals surface area contributed by atoms with Crippen molar-refractivity contribution < 1.29 is 0 Å². The summed E-state index contributed by atoms with van der Waals surface area (Å²) < 4.78 is 0. The van der Waals surface area contributed by atoms with Gasteiger partial charge < -0.3 is 15.2 Å². The van der Waals surface area contributed by atoms with Gasteiger partial charge in [0.2, 0.25) is 0 Å². The summed E-state index contributed by atoms with van der Waals surface area (Å²) in [5.74, 6) is 0. The van der Waals surface area contributed by atoms with Crippen molar-refractivity contribution in [1.29, 1.82) is 0 Å². The van der Waals surface area contributed by atoms with E-state index < -0.39 is 0 Å². The van der Waals surface area contributed by atoms with Crippen LogP contribution in [0.4, 0.5) is 0 Å². The minimum absolute atomic E-state index is 0.0867. The number of aryl methyl sites for hydroxylation is 1. The van der Waals surface area contributed by atoms with Crippen molar-refractivity contribution in [2.75, 3.05) is 6.54 Å². The monoisotopic (exact) mass is 314 g/mol. The minimum atomic E-state index is 0.0867. The van der Waals surface area contributed by atoms with Crippen LogP contribution in [0, 0.1) is 6.92 Å². The van der Waals surface area contributed by atoms with Crippen LogP contribution in [-0.4, -0.2) is 26.5 Å². The van der Waals surface area contributed by atoms with Gasteiger partial charge in [-0.1, -0.05) is 19.4 Å². The second kappa shape index (κ2) is 6.48. The Labute approximate surface area is 136 Å². The molecule has 2 aromatic rings. The van der Waals surface area contributed by atoms with Gasteiger partial charge in [-0.3, -0.25) is 4.98 Å². The molecule has 0 saturated carbocycles. The molecule has 0 spiro atoms. The molecule has 3 heterocycles. The average Bonchev–Trinajstić information content (AvgIpc) is 3.09. The molecule has 3 rings (SSSR count). The van der Waals surface area contributed by atoms with E-state index in [0.29, 0.717) is 0 Å². The molecule has 2 atom stereocenters. The van der Waals surface area contributed by atoms with E-state index in [2.05, 4.69) is 52.2 Å². The summed E-state index contributed by atoms with van der Waals surface area (Å²) in [6.45, 7) is 5.25. The van der Waals surface area contributed by atoms with Gasteiger partial charge in [-0.25, -0.2) is 0 Å². The normalized spacial score (nSPS) is 21.2. The SMILES string of the molecule is CCCCN1C(=S)N[C@@H](c2ccccn2)[C@@H]1c1ccc(C)[nH]1. The summed E-state index contributed by atoms with van der Waals surface area (Å²) in [6, 6.07) is 10.6. The second-order valence-electron chi connectivity index (χ2n) is 5.77. The van der Waals surface area contributed by atoms with E-state index in [-0.39, 0.29) is 12.1 Å². The molecule has 0 aliphatic carbocycles. The summed E-state index contributed by atoms with van der Waals surface area (Å²) in [5.41, 5.74) is 3.39. The molecule has 0 unspecified atom stereocenters. The number of rotatable bonds is 5. The van der Waals surface area contributed by atoms with Crippen LogP contribution >= 0.6 is 12.2 Å². The number of thiocarbonyl (C=S) groups is 1. The molecule has 0 radical (unpaired) electrons. The fourth-order valence-corrected chi connectivity index (χ4v) is 3.34. The van der Waals surface area contributed by atoms with Gasteiger partial charge in [-0.15, -0.1) is 0 Å². The third-order valence-corrected chi connectivity index (χ3v) is 4.48. The van der Waals surface area contributed by atoms with Crippen LogP contribution in [0.25, 0.3) is 0 Å². The summed E-state index contributed by atoms with van der Waals surface area (Å²) in [4.78, 5) is 10.3. The zero-order valence-electron chi connectivity index (χ0n) is 13.0. The highest BCUT2D eigenvalue weighted by Crippen LogP contribution is 2.38. The molecule has 1 saturated heterocycles. The lowest BCUT2D eigenvalue weighted by Crippen LogP contribution is -2.30. The predicted octanol–water partition coefficient (Wildman–Crippen LogP) is 3.49. The molecule has 116 valence electrons. The van der Waals surface area contributed by atoms with Crippen LogP contribution < -0.4 is 5.32 Å². The molecule has 1 aliphatic heterocycles. The topological polar surface area (TPSA) is 44.0 Å². The fraction of sp³-hybridized carbons (Fsp3) is 0.412. The van der Waals surface area contributed by atoms with Crippen molar-refractivity contribution in [3.63, 3.8) is 0 Å². The summed E-state index contributed by atoms with van der Waals surface area (Å²) in [6.07, 6.45) is 4.13. The molecule has 1 aliphatic rings. The molecule has 0 amide bonds. The molecule has 2 N–H and O–H groups in total. The summed E-state index contributed by atoms with van der Waals surface area (Å²) >= 11 is 5.59. The fourth-order valence-electron chi connectivity index (χ4n) is 3.01. The number of hydrogen-bond acceptors (Lipinski definition) is 2. The molecule has 0 bridgehead atoms. The Balaban J connectivity index is 1.96. The number of H-pyrrole nitrogens is 1. The number of aromatic nitrogens is 2. The molecule has 22 heavy (non-hydrogen) atoms. The first-order valence-electron chi connectivity index (χ1n) is 7.84. The Morgan fingerprint density at radius 3 is 2.77 bits per heavy atom. The van der Waals surface area contributed by atoms with E-state index in [0.717, 1.165) is 30.2 Å². The highest BCUT2D eigenvalue weighted by Gasteiger charge is 2.39. The number of unbranched alkanes of at least 4 members (excludes halogenated alkanes) is 1. The Morgan fingerprint density at radius 1 is 1.27 bits per heavy atom. The van der Waals surface area contributed by atoms with Crippen molar-refractivity contribution in [1.82, 2.24) is 20.2 Å². The van der Waals surface area contributed by atoms with Crippen LogP contribution in [0.15, 0.2) is 36.5 Å². The van der Waals surface area contributed by atoms with Crippen LogP contribution in [0.2, 0.25) is 0 Å². The largest absolute Gasteiger partial charge is 0.361 e. The van der Waals surface area contributed by atoms with E-state index in [1.54, 1.807) is 0 Å². The molecular formula is C17H22N4S. The van der Waals surface area contributed by atoms with E-state index in [1.807, 2.05) is 18.3 Å². The number of nitrogens with one attached hydrogen (secondary N) is 2. The quantitative estimate of drug-likeness (QED) is 0.829. The first kappa shape index (κ1) is 15.0. The minimum Gasteiger partial charge on any atom is -0.361 e. The predicted molar refractivity (Wildman–Crippen MR) is 92.6 cm³/mol. The Morgan fingerprint density at radius 2 is 2.14 bits per heavy atom. The summed E-state index contributed by atoms with van der Waals surface area (Å²) in [7, 11) is 0. The number of hydrogen-bond donors (Lipinski definition) is 2. The van der Waals surface area contributed by atoms with Gasteiger partial charge in [0.15, 0.2) is 5.11 Å². The highest BCUT2D eigenvalue weighted by molar-refractivity contribution is 7.80. The third kappa shape index (κ3) is 2.86. The number of nitrogens with zero attached hydrogens (tertiary/aromatic N) is 2. The standard InChI is InChI=1S/C17H22N4S/c1-3-4-11-21-16(14-9-8-12(2)19-14)15(20-17(21)22)13-7-5-6-10-18-13/h5-10,15-16,19H,3-4,11H2,1-2H3,(H,20,22)/t15-,16-/m0/s1. The zero-order valence-corrected chi connectivity index (χ0v) is 13.9. The Hall–Kier alpha value is -1.88. The number of pyridine rings is 1. The van der Waals surface area contributed by atoms with Crippen molar-refractivity contribution >= 4 is 17.3 Å². The second-order valence-corrected chi connectivity index (χ2v) is 6.16. The maximum Gasteiger partial charge on any atom is 0.170 e. The van der Waals surface area contributed by atoms with Gasteiger partial charge >= 0.3 is 0 Å². The van der Waals surface area contributed by atoms with Gasteiger partial charge in [0.1, 0.15) is 0 Å². The maximum atomic E-state index is 5.59. The molecule has 5 heteroatoms. The van der Waals surface area contributed by atoms with Gasteiger partial charge in [0.25, 0.3) is 0 Å². The van der Waals surface area contributed by atoms with Crippen LogP contribution in [0.1, 0.15) is 48.9 Å². The molecule has 2 aromatic heterocycles.